The Morgan fingerprint density at radius 1 is 1.20 bits per heavy atom. The van der Waals surface area contributed by atoms with Gasteiger partial charge in [-0.05, 0) is 26.0 Å². The standard InChI is InChI=1S/C14H11Cl2NO3/c1-7-5-12(13(14(18)19)8(2)17-7)20-11-6-9(15)3-4-10(11)16/h3-6H,1-2H3,(H,18,19). The average molecular weight is 312 g/mol. The molecule has 0 aliphatic heterocycles. The molecule has 20 heavy (non-hydrogen) atoms. The maximum atomic E-state index is 11.3. The summed E-state index contributed by atoms with van der Waals surface area (Å²) in [6, 6.07) is 6.28. The van der Waals surface area contributed by atoms with Crippen molar-refractivity contribution in [2.24, 2.45) is 0 Å². The van der Waals surface area contributed by atoms with E-state index in [9.17, 15) is 9.90 Å². The van der Waals surface area contributed by atoms with Crippen LogP contribution in [-0.2, 0) is 0 Å². The van der Waals surface area contributed by atoms with Gasteiger partial charge in [-0.1, -0.05) is 23.2 Å². The number of halogens is 2. The summed E-state index contributed by atoms with van der Waals surface area (Å²) in [5.41, 5.74) is 1.04. The second-order valence-electron chi connectivity index (χ2n) is 4.20. The molecular weight excluding hydrogens is 301 g/mol. The van der Waals surface area contributed by atoms with E-state index in [-0.39, 0.29) is 11.3 Å². The zero-order chi connectivity index (χ0) is 14.9. The van der Waals surface area contributed by atoms with Crippen LogP contribution in [0.2, 0.25) is 10.0 Å². The highest BCUT2D eigenvalue weighted by Crippen LogP contribution is 2.34. The van der Waals surface area contributed by atoms with Gasteiger partial charge >= 0.3 is 5.97 Å². The molecule has 0 saturated carbocycles. The van der Waals surface area contributed by atoms with Crippen LogP contribution in [0.25, 0.3) is 0 Å². The lowest BCUT2D eigenvalue weighted by Crippen LogP contribution is -2.06. The number of carboxylic acids is 1. The van der Waals surface area contributed by atoms with Crippen molar-refractivity contribution in [3.05, 3.63) is 51.3 Å². The maximum absolute atomic E-state index is 11.3. The molecule has 0 atom stereocenters. The third-order valence-corrected chi connectivity index (χ3v) is 3.17. The SMILES string of the molecule is Cc1cc(Oc2cc(Cl)ccc2Cl)c(C(=O)O)c(C)n1. The number of hydrogen-bond acceptors (Lipinski definition) is 3. The summed E-state index contributed by atoms with van der Waals surface area (Å²) in [7, 11) is 0. The molecule has 0 radical (unpaired) electrons. The van der Waals surface area contributed by atoms with Crippen molar-refractivity contribution in [1.82, 2.24) is 4.98 Å². The number of carbonyl (C=O) groups is 1. The van der Waals surface area contributed by atoms with E-state index >= 15 is 0 Å². The maximum Gasteiger partial charge on any atom is 0.341 e. The van der Waals surface area contributed by atoms with Gasteiger partial charge in [0.25, 0.3) is 0 Å². The molecule has 1 aromatic carbocycles. The van der Waals surface area contributed by atoms with Crippen LogP contribution < -0.4 is 4.74 Å². The molecule has 0 unspecified atom stereocenters. The normalized spacial score (nSPS) is 10.4. The van der Waals surface area contributed by atoms with Crippen LogP contribution in [0.4, 0.5) is 0 Å². The second kappa shape index (κ2) is 5.69. The van der Waals surface area contributed by atoms with Gasteiger partial charge in [-0.3, -0.25) is 4.98 Å². The molecule has 2 aromatic rings. The molecule has 0 aliphatic carbocycles. The van der Waals surface area contributed by atoms with Gasteiger partial charge in [-0.15, -0.1) is 0 Å². The molecule has 0 amide bonds. The van der Waals surface area contributed by atoms with Crippen molar-refractivity contribution in [2.45, 2.75) is 13.8 Å². The number of aromatic nitrogens is 1. The molecule has 1 aromatic heterocycles. The number of benzene rings is 1. The van der Waals surface area contributed by atoms with E-state index < -0.39 is 5.97 Å². The molecular formula is C14H11Cl2NO3. The van der Waals surface area contributed by atoms with Crippen molar-refractivity contribution >= 4 is 29.2 Å². The zero-order valence-electron chi connectivity index (χ0n) is 10.8. The van der Waals surface area contributed by atoms with Crippen molar-refractivity contribution in [1.29, 1.82) is 0 Å². The summed E-state index contributed by atoms with van der Waals surface area (Å²) in [6.07, 6.45) is 0. The van der Waals surface area contributed by atoms with Crippen LogP contribution in [0.5, 0.6) is 11.5 Å². The number of aryl methyl sites for hydroxylation is 2. The fourth-order valence-electron chi connectivity index (χ4n) is 1.81. The first-order valence-corrected chi connectivity index (χ1v) is 6.48. The van der Waals surface area contributed by atoms with Gasteiger partial charge < -0.3 is 9.84 Å². The lowest BCUT2D eigenvalue weighted by Gasteiger charge is -2.12. The summed E-state index contributed by atoms with van der Waals surface area (Å²) in [4.78, 5) is 15.4. The number of hydrogen-bond donors (Lipinski definition) is 1. The minimum Gasteiger partial charge on any atom is -0.477 e. The third-order valence-electron chi connectivity index (χ3n) is 2.62. The fourth-order valence-corrected chi connectivity index (χ4v) is 2.13. The minimum atomic E-state index is -1.11. The zero-order valence-corrected chi connectivity index (χ0v) is 12.3. The van der Waals surface area contributed by atoms with Gasteiger partial charge in [-0.25, -0.2) is 4.79 Å². The second-order valence-corrected chi connectivity index (χ2v) is 5.05. The largest absolute Gasteiger partial charge is 0.477 e. The van der Waals surface area contributed by atoms with Crippen LogP contribution >= 0.6 is 23.2 Å². The smallest absolute Gasteiger partial charge is 0.341 e. The van der Waals surface area contributed by atoms with E-state index in [2.05, 4.69) is 4.98 Å². The number of carboxylic acid groups (broad SMARTS) is 1. The average Bonchev–Trinajstić information content (AvgIpc) is 2.32. The first kappa shape index (κ1) is 14.6. The molecule has 0 aliphatic rings. The quantitative estimate of drug-likeness (QED) is 0.906. The molecule has 104 valence electrons. The van der Waals surface area contributed by atoms with Crippen molar-refractivity contribution < 1.29 is 14.6 Å². The highest BCUT2D eigenvalue weighted by Gasteiger charge is 2.18. The molecule has 1 heterocycles. The van der Waals surface area contributed by atoms with Gasteiger partial charge in [0.15, 0.2) is 0 Å². The molecule has 0 spiro atoms. The number of nitrogens with zero attached hydrogens (tertiary/aromatic N) is 1. The van der Waals surface area contributed by atoms with E-state index in [0.29, 0.717) is 27.2 Å². The monoisotopic (exact) mass is 311 g/mol. The number of rotatable bonds is 3. The van der Waals surface area contributed by atoms with Crippen LogP contribution in [0.1, 0.15) is 21.7 Å². The molecule has 2 rings (SSSR count). The van der Waals surface area contributed by atoms with Crippen LogP contribution in [0.3, 0.4) is 0 Å². The van der Waals surface area contributed by atoms with Crippen molar-refractivity contribution in [2.75, 3.05) is 0 Å². The number of aromatic carboxylic acids is 1. The van der Waals surface area contributed by atoms with E-state index in [4.69, 9.17) is 27.9 Å². The van der Waals surface area contributed by atoms with E-state index in [1.807, 2.05) is 0 Å². The Labute approximate surface area is 125 Å². The van der Waals surface area contributed by atoms with E-state index in [0.717, 1.165) is 0 Å². The Morgan fingerprint density at radius 2 is 1.90 bits per heavy atom. The Bertz CT molecular complexity index is 686. The van der Waals surface area contributed by atoms with Crippen molar-refractivity contribution in [3.63, 3.8) is 0 Å². The topological polar surface area (TPSA) is 59.4 Å². The van der Waals surface area contributed by atoms with E-state index in [1.165, 1.54) is 6.07 Å². The highest BCUT2D eigenvalue weighted by molar-refractivity contribution is 6.34. The first-order valence-electron chi connectivity index (χ1n) is 5.73. The molecule has 0 fully saturated rings. The Kier molecular flexibility index (Phi) is 4.16. The van der Waals surface area contributed by atoms with E-state index in [1.54, 1.807) is 32.0 Å². The van der Waals surface area contributed by atoms with Crippen molar-refractivity contribution in [3.8, 4) is 11.5 Å². The third kappa shape index (κ3) is 3.03. The van der Waals surface area contributed by atoms with Gasteiger partial charge in [-0.2, -0.15) is 0 Å². The lowest BCUT2D eigenvalue weighted by molar-refractivity contribution is 0.0693. The Hall–Kier alpha value is -1.78. The van der Waals surface area contributed by atoms with Crippen LogP contribution in [0, 0.1) is 13.8 Å². The van der Waals surface area contributed by atoms with Gasteiger partial charge in [0.05, 0.1) is 10.7 Å². The van der Waals surface area contributed by atoms with Crippen LogP contribution in [0.15, 0.2) is 24.3 Å². The van der Waals surface area contributed by atoms with Gasteiger partial charge in [0.1, 0.15) is 17.1 Å². The molecule has 6 heteroatoms. The lowest BCUT2D eigenvalue weighted by atomic mass is 10.1. The van der Waals surface area contributed by atoms with Crippen LogP contribution in [-0.4, -0.2) is 16.1 Å². The molecule has 0 saturated heterocycles. The summed E-state index contributed by atoms with van der Waals surface area (Å²) in [5.74, 6) is -0.624. The summed E-state index contributed by atoms with van der Waals surface area (Å²) in [5, 5.41) is 10.1. The summed E-state index contributed by atoms with van der Waals surface area (Å²) >= 11 is 11.9. The fraction of sp³-hybridized carbons (Fsp3) is 0.143. The predicted octanol–water partition coefficient (Wildman–Crippen LogP) is 4.50. The van der Waals surface area contributed by atoms with Gasteiger partial charge in [0, 0.05) is 22.8 Å². The predicted molar refractivity (Wildman–Crippen MR) is 77.2 cm³/mol. The summed E-state index contributed by atoms with van der Waals surface area (Å²) < 4.78 is 5.61. The Morgan fingerprint density at radius 3 is 2.55 bits per heavy atom. The molecule has 4 nitrogen and oxygen atoms in total. The number of pyridine rings is 1. The minimum absolute atomic E-state index is 0.00615. The summed E-state index contributed by atoms with van der Waals surface area (Å²) in [6.45, 7) is 3.37. The highest BCUT2D eigenvalue weighted by atomic mass is 35.5. The van der Waals surface area contributed by atoms with Gasteiger partial charge in [0.2, 0.25) is 0 Å². The number of ether oxygens (including phenoxy) is 1. The first-order chi connectivity index (χ1) is 9.38. The molecule has 0 bridgehead atoms. The molecule has 1 N–H and O–H groups in total. The Balaban J connectivity index is 2.53.